The molecule has 2 N–H and O–H groups in total. The number of hydrogen-bond donors (Lipinski definition) is 2. The Balaban J connectivity index is 1.58. The number of likely N-dealkylation sites (tertiary alicyclic amines) is 1. The molecule has 4 rings (SSSR count). The largest absolute Gasteiger partial charge is 0.392 e. The predicted octanol–water partition coefficient (Wildman–Crippen LogP) is 0.511. The highest BCUT2D eigenvalue weighted by molar-refractivity contribution is 5.89. The van der Waals surface area contributed by atoms with Gasteiger partial charge in [-0.25, -0.2) is 0 Å². The maximum atomic E-state index is 13.8. The normalized spacial score (nSPS) is 35.1. The van der Waals surface area contributed by atoms with Crippen molar-refractivity contribution in [2.75, 3.05) is 45.9 Å². The molecule has 0 aromatic rings. The second-order valence-electron chi connectivity index (χ2n) is 8.74. The molecule has 3 heterocycles. The Bertz CT molecular complexity index is 572. The molecule has 2 atom stereocenters. The third-order valence-electron chi connectivity index (χ3n) is 7.30. The van der Waals surface area contributed by atoms with Crippen LogP contribution in [0.5, 0.6) is 0 Å². The van der Waals surface area contributed by atoms with E-state index in [4.69, 9.17) is 4.74 Å². The average Bonchev–Trinajstić information content (AvgIpc) is 2.72. The van der Waals surface area contributed by atoms with E-state index in [-0.39, 0.29) is 11.8 Å². The molecule has 4 fully saturated rings. The highest BCUT2D eigenvalue weighted by atomic mass is 16.5. The maximum Gasteiger partial charge on any atom is 0.243 e. The quantitative estimate of drug-likeness (QED) is 0.731. The molecule has 3 aliphatic heterocycles. The number of carbonyl (C=O) groups is 2. The van der Waals surface area contributed by atoms with Crippen molar-refractivity contribution < 1.29 is 19.4 Å². The molecule has 0 unspecified atom stereocenters. The Morgan fingerprint density at radius 3 is 2.52 bits per heavy atom. The molecule has 1 spiro atoms. The van der Waals surface area contributed by atoms with Crippen molar-refractivity contribution in [1.29, 1.82) is 0 Å². The predicted molar refractivity (Wildman–Crippen MR) is 100 cm³/mol. The minimum Gasteiger partial charge on any atom is -0.392 e. The van der Waals surface area contributed by atoms with Crippen LogP contribution >= 0.6 is 0 Å². The van der Waals surface area contributed by atoms with Crippen molar-refractivity contribution >= 4 is 11.8 Å². The lowest BCUT2D eigenvalue weighted by Gasteiger charge is -2.52. The van der Waals surface area contributed by atoms with Crippen LogP contribution in [0.4, 0.5) is 0 Å². The molecule has 0 aromatic carbocycles. The molecule has 2 amide bonds. The number of piperidine rings is 2. The number of ether oxygens (including phenoxy) is 1. The van der Waals surface area contributed by atoms with Gasteiger partial charge in [0.2, 0.25) is 11.8 Å². The zero-order valence-corrected chi connectivity index (χ0v) is 16.3. The van der Waals surface area contributed by atoms with Crippen molar-refractivity contribution in [2.24, 2.45) is 5.41 Å². The summed E-state index contributed by atoms with van der Waals surface area (Å²) in [6, 6.07) is 0. The highest BCUT2D eigenvalue weighted by Crippen LogP contribution is 2.41. The molecule has 7 nitrogen and oxygen atoms in total. The lowest BCUT2D eigenvalue weighted by molar-refractivity contribution is -0.165. The SMILES string of the molecule is O=C(N1CC[C@H](O)[C@@]2(CCCNC2=O)C1)C1(N2CCOCC2)CCCCC1. The van der Waals surface area contributed by atoms with Gasteiger partial charge in [0.05, 0.1) is 24.7 Å². The van der Waals surface area contributed by atoms with Crippen LogP contribution in [0, 0.1) is 5.41 Å². The highest BCUT2D eigenvalue weighted by Gasteiger charge is 2.54. The van der Waals surface area contributed by atoms with E-state index in [0.29, 0.717) is 45.7 Å². The first-order valence-electron chi connectivity index (χ1n) is 10.7. The van der Waals surface area contributed by atoms with E-state index < -0.39 is 17.1 Å². The first kappa shape index (κ1) is 19.2. The smallest absolute Gasteiger partial charge is 0.243 e. The minimum absolute atomic E-state index is 0.0807. The second kappa shape index (κ2) is 7.68. The van der Waals surface area contributed by atoms with Gasteiger partial charge in [0.1, 0.15) is 5.54 Å². The summed E-state index contributed by atoms with van der Waals surface area (Å²) in [6.07, 6.45) is 6.47. The molecule has 1 saturated carbocycles. The topological polar surface area (TPSA) is 82.1 Å². The fraction of sp³-hybridized carbons (Fsp3) is 0.900. The Morgan fingerprint density at radius 1 is 1.07 bits per heavy atom. The zero-order valence-electron chi connectivity index (χ0n) is 16.3. The van der Waals surface area contributed by atoms with Crippen molar-refractivity contribution in [1.82, 2.24) is 15.1 Å². The summed E-state index contributed by atoms with van der Waals surface area (Å²) >= 11 is 0. The van der Waals surface area contributed by atoms with Crippen LogP contribution in [0.2, 0.25) is 0 Å². The maximum absolute atomic E-state index is 13.8. The number of amides is 2. The van der Waals surface area contributed by atoms with Crippen molar-refractivity contribution in [3.05, 3.63) is 0 Å². The number of rotatable bonds is 2. The van der Waals surface area contributed by atoms with Crippen LogP contribution in [-0.4, -0.2) is 84.3 Å². The third kappa shape index (κ3) is 3.28. The Kier molecular flexibility index (Phi) is 5.45. The second-order valence-corrected chi connectivity index (χ2v) is 8.74. The first-order valence-corrected chi connectivity index (χ1v) is 10.7. The molecule has 4 aliphatic rings. The monoisotopic (exact) mass is 379 g/mol. The van der Waals surface area contributed by atoms with Crippen LogP contribution < -0.4 is 5.32 Å². The van der Waals surface area contributed by atoms with Gasteiger partial charge >= 0.3 is 0 Å². The molecule has 3 saturated heterocycles. The number of nitrogens with one attached hydrogen (secondary N) is 1. The van der Waals surface area contributed by atoms with Gasteiger partial charge in [-0.2, -0.15) is 0 Å². The van der Waals surface area contributed by atoms with Crippen LogP contribution in [0.3, 0.4) is 0 Å². The number of nitrogens with zero attached hydrogens (tertiary/aromatic N) is 2. The van der Waals surface area contributed by atoms with Gasteiger partial charge < -0.3 is 20.1 Å². The summed E-state index contributed by atoms with van der Waals surface area (Å²) in [6.45, 7) is 4.52. The van der Waals surface area contributed by atoms with E-state index in [1.807, 2.05) is 4.90 Å². The van der Waals surface area contributed by atoms with Gasteiger partial charge in [-0.3, -0.25) is 14.5 Å². The molecular formula is C20H33N3O4. The number of morpholine rings is 1. The summed E-state index contributed by atoms with van der Waals surface area (Å²) in [7, 11) is 0. The molecular weight excluding hydrogens is 346 g/mol. The van der Waals surface area contributed by atoms with Gasteiger partial charge in [0, 0.05) is 32.7 Å². The molecule has 0 bridgehead atoms. The zero-order chi connectivity index (χ0) is 18.9. The molecule has 0 radical (unpaired) electrons. The van der Waals surface area contributed by atoms with E-state index in [1.54, 1.807) is 0 Å². The standard InChI is InChI=1S/C20H33N3O4/c24-16-5-10-22(15-19(16)6-4-9-21-17(19)25)18(26)20(7-2-1-3-8-20)23-11-13-27-14-12-23/h16,24H,1-15H2,(H,21,25)/t16-,19+/m0/s1. The van der Waals surface area contributed by atoms with Gasteiger partial charge in [-0.15, -0.1) is 0 Å². The Labute approximate surface area is 161 Å². The fourth-order valence-electron chi connectivity index (χ4n) is 5.70. The van der Waals surface area contributed by atoms with Crippen molar-refractivity contribution in [3.63, 3.8) is 0 Å². The lowest BCUT2D eigenvalue weighted by Crippen LogP contribution is -2.68. The third-order valence-corrected chi connectivity index (χ3v) is 7.30. The summed E-state index contributed by atoms with van der Waals surface area (Å²) in [5, 5.41) is 13.6. The summed E-state index contributed by atoms with van der Waals surface area (Å²) in [5.41, 5.74) is -1.27. The number of carbonyl (C=O) groups excluding carboxylic acids is 2. The molecule has 0 aromatic heterocycles. The van der Waals surface area contributed by atoms with E-state index in [2.05, 4.69) is 10.2 Å². The van der Waals surface area contributed by atoms with Crippen LogP contribution in [-0.2, 0) is 14.3 Å². The fourth-order valence-corrected chi connectivity index (χ4v) is 5.70. The Hall–Kier alpha value is -1.18. The first-order chi connectivity index (χ1) is 13.1. The van der Waals surface area contributed by atoms with Gasteiger partial charge in [0.25, 0.3) is 0 Å². The minimum atomic E-state index is -0.826. The van der Waals surface area contributed by atoms with Crippen molar-refractivity contribution in [3.8, 4) is 0 Å². The number of aliphatic hydroxyl groups is 1. The van der Waals surface area contributed by atoms with E-state index in [9.17, 15) is 14.7 Å². The molecule has 152 valence electrons. The average molecular weight is 380 g/mol. The molecule has 7 heteroatoms. The Morgan fingerprint density at radius 2 is 1.81 bits per heavy atom. The van der Waals surface area contributed by atoms with E-state index in [1.165, 1.54) is 6.42 Å². The van der Waals surface area contributed by atoms with E-state index >= 15 is 0 Å². The van der Waals surface area contributed by atoms with Gasteiger partial charge in [-0.05, 0) is 32.1 Å². The van der Waals surface area contributed by atoms with Crippen LogP contribution in [0.25, 0.3) is 0 Å². The number of hydrogen-bond acceptors (Lipinski definition) is 5. The van der Waals surface area contributed by atoms with Crippen LogP contribution in [0.15, 0.2) is 0 Å². The van der Waals surface area contributed by atoms with E-state index in [0.717, 1.165) is 45.2 Å². The summed E-state index contributed by atoms with van der Waals surface area (Å²) in [5.74, 6) is 0.0940. The lowest BCUT2D eigenvalue weighted by atomic mass is 9.70. The van der Waals surface area contributed by atoms with Crippen LogP contribution in [0.1, 0.15) is 51.4 Å². The van der Waals surface area contributed by atoms with Gasteiger partial charge in [0.15, 0.2) is 0 Å². The number of aliphatic hydroxyl groups excluding tert-OH is 1. The molecule has 27 heavy (non-hydrogen) atoms. The summed E-state index contributed by atoms with van der Waals surface area (Å²) < 4.78 is 5.53. The molecule has 1 aliphatic carbocycles. The summed E-state index contributed by atoms with van der Waals surface area (Å²) in [4.78, 5) is 30.8. The van der Waals surface area contributed by atoms with Gasteiger partial charge in [-0.1, -0.05) is 19.3 Å². The van der Waals surface area contributed by atoms with Crippen molar-refractivity contribution in [2.45, 2.75) is 63.0 Å².